The van der Waals surface area contributed by atoms with Crippen LogP contribution in [0.5, 0.6) is 0 Å². The highest BCUT2D eigenvalue weighted by atomic mass is 14.6. The zero-order chi connectivity index (χ0) is 20.1. The first-order valence-corrected chi connectivity index (χ1v) is 12.7. The van der Waals surface area contributed by atoms with E-state index >= 15 is 0 Å². The zero-order valence-electron chi connectivity index (χ0n) is 19.7. The number of hydrogen-bond donors (Lipinski definition) is 0. The van der Waals surface area contributed by atoms with Crippen molar-refractivity contribution in [2.45, 2.75) is 112 Å². The van der Waals surface area contributed by atoms with Gasteiger partial charge in [-0.05, 0) is 90.1 Å². The first-order chi connectivity index (χ1) is 13.3. The van der Waals surface area contributed by atoms with Crippen LogP contribution in [0.2, 0.25) is 0 Å². The Kier molecular flexibility index (Phi) is 5.65. The topological polar surface area (TPSA) is 0 Å². The number of allylic oxidation sites excluding steroid dienone is 4. The van der Waals surface area contributed by atoms with Crippen LogP contribution in [-0.2, 0) is 0 Å². The molecule has 0 aromatic rings. The van der Waals surface area contributed by atoms with E-state index in [0.717, 1.165) is 29.6 Å². The summed E-state index contributed by atoms with van der Waals surface area (Å²) in [5.74, 6) is 4.52. The van der Waals surface area contributed by atoms with Gasteiger partial charge in [-0.15, -0.1) is 0 Å². The number of fused-ring (bicyclic) bond motifs is 4. The van der Waals surface area contributed by atoms with Gasteiger partial charge in [0.1, 0.15) is 0 Å². The Balaban J connectivity index is 1.55. The minimum absolute atomic E-state index is 0.472. The fourth-order valence-electron chi connectivity index (χ4n) is 8.33. The third kappa shape index (κ3) is 3.26. The van der Waals surface area contributed by atoms with Crippen LogP contribution in [0.25, 0.3) is 0 Å². The van der Waals surface area contributed by atoms with Gasteiger partial charge in [-0.3, -0.25) is 0 Å². The molecule has 0 bridgehead atoms. The van der Waals surface area contributed by atoms with Gasteiger partial charge in [-0.25, -0.2) is 0 Å². The number of hydrogen-bond acceptors (Lipinski definition) is 0. The smallest absolute Gasteiger partial charge is 0.00389 e. The molecule has 4 rings (SSSR count). The van der Waals surface area contributed by atoms with E-state index in [9.17, 15) is 0 Å². The summed E-state index contributed by atoms with van der Waals surface area (Å²) in [6, 6.07) is 0. The molecule has 0 nitrogen and oxygen atoms in total. The monoisotopic (exact) mass is 382 g/mol. The maximum atomic E-state index is 2.72. The van der Waals surface area contributed by atoms with Crippen molar-refractivity contribution in [3.05, 3.63) is 22.8 Å². The van der Waals surface area contributed by atoms with Gasteiger partial charge in [0.2, 0.25) is 0 Å². The van der Waals surface area contributed by atoms with Crippen molar-refractivity contribution >= 4 is 0 Å². The Labute approximate surface area is 175 Å². The standard InChI is InChI=1S/C28H46/c1-19(2)9-7-10-20(3)24-14-15-25-22-12-13-23-21(4)11-8-17-27(23,5)26(22)16-18-28(24,25)6/h15,19-21,23-24H,7-14,16-18H2,1-6H3/t20-,21?,23?,24-,27+,28-/m1/s1. The van der Waals surface area contributed by atoms with Crippen molar-refractivity contribution in [3.63, 3.8) is 0 Å². The van der Waals surface area contributed by atoms with E-state index in [4.69, 9.17) is 0 Å². The van der Waals surface area contributed by atoms with Gasteiger partial charge in [-0.1, -0.05) is 85.3 Å². The normalized spacial score (nSPS) is 41.4. The summed E-state index contributed by atoms with van der Waals surface area (Å²) >= 11 is 0. The van der Waals surface area contributed by atoms with Gasteiger partial charge in [0, 0.05) is 0 Å². The van der Waals surface area contributed by atoms with Crippen LogP contribution in [0.15, 0.2) is 22.8 Å². The van der Waals surface area contributed by atoms with Crippen LogP contribution >= 0.6 is 0 Å². The van der Waals surface area contributed by atoms with E-state index < -0.39 is 0 Å². The third-order valence-corrected chi connectivity index (χ3v) is 9.98. The fraction of sp³-hybridized carbons (Fsp3) is 0.857. The molecule has 0 amide bonds. The Morgan fingerprint density at radius 3 is 2.54 bits per heavy atom. The lowest BCUT2D eigenvalue weighted by Gasteiger charge is -2.55. The highest BCUT2D eigenvalue weighted by molar-refractivity contribution is 5.49. The lowest BCUT2D eigenvalue weighted by Crippen LogP contribution is -2.44. The average molecular weight is 383 g/mol. The van der Waals surface area contributed by atoms with Crippen molar-refractivity contribution in [2.24, 2.45) is 40.4 Å². The molecule has 6 atom stereocenters. The molecule has 158 valence electrons. The van der Waals surface area contributed by atoms with Gasteiger partial charge in [0.15, 0.2) is 0 Å². The minimum atomic E-state index is 0.472. The molecule has 0 aromatic carbocycles. The molecular formula is C28H46. The van der Waals surface area contributed by atoms with Crippen molar-refractivity contribution in [2.75, 3.05) is 0 Å². The molecule has 2 unspecified atom stereocenters. The SMILES string of the molecule is CC(C)CCC[C@@H](C)[C@H]1CC=C2C3=C(CC[C@@]21C)[C@@]1(C)CCCC(C)C1CC3. The molecule has 4 aliphatic carbocycles. The molecule has 0 N–H and O–H groups in total. The maximum Gasteiger partial charge on any atom is -0.00389 e. The summed E-state index contributed by atoms with van der Waals surface area (Å²) in [5.41, 5.74) is 6.60. The van der Waals surface area contributed by atoms with Gasteiger partial charge >= 0.3 is 0 Å². The summed E-state index contributed by atoms with van der Waals surface area (Å²) in [7, 11) is 0. The van der Waals surface area contributed by atoms with Gasteiger partial charge < -0.3 is 0 Å². The largest absolute Gasteiger partial charge is 0.0802 e. The Morgan fingerprint density at radius 2 is 1.79 bits per heavy atom. The number of rotatable bonds is 5. The second-order valence-corrected chi connectivity index (χ2v) is 12.1. The van der Waals surface area contributed by atoms with Crippen LogP contribution < -0.4 is 0 Å². The Morgan fingerprint density at radius 1 is 1.00 bits per heavy atom. The maximum absolute atomic E-state index is 2.72. The minimum Gasteiger partial charge on any atom is -0.0802 e. The summed E-state index contributed by atoms with van der Waals surface area (Å²) in [6.07, 6.45) is 18.4. The van der Waals surface area contributed by atoms with E-state index in [2.05, 4.69) is 47.6 Å². The Bertz CT molecular complexity index is 649. The van der Waals surface area contributed by atoms with Gasteiger partial charge in [0.25, 0.3) is 0 Å². The third-order valence-electron chi connectivity index (χ3n) is 9.98. The van der Waals surface area contributed by atoms with Gasteiger partial charge in [-0.2, -0.15) is 0 Å². The Hall–Kier alpha value is -0.520. The summed E-state index contributed by atoms with van der Waals surface area (Å²) in [4.78, 5) is 0. The molecular weight excluding hydrogens is 336 g/mol. The molecule has 0 aliphatic heterocycles. The summed E-state index contributed by atoms with van der Waals surface area (Å²) in [5, 5.41) is 0. The molecule has 0 saturated heterocycles. The molecule has 0 radical (unpaired) electrons. The average Bonchev–Trinajstić information content (AvgIpc) is 2.98. The first-order valence-electron chi connectivity index (χ1n) is 12.7. The predicted molar refractivity (Wildman–Crippen MR) is 122 cm³/mol. The summed E-state index contributed by atoms with van der Waals surface area (Å²) in [6.45, 7) is 15.2. The predicted octanol–water partition coefficient (Wildman–Crippen LogP) is 8.73. The van der Waals surface area contributed by atoms with Crippen LogP contribution in [0.1, 0.15) is 112 Å². The van der Waals surface area contributed by atoms with Gasteiger partial charge in [0.05, 0.1) is 0 Å². The van der Waals surface area contributed by atoms with E-state index in [-0.39, 0.29) is 0 Å². The molecule has 0 aromatic heterocycles. The highest BCUT2D eigenvalue weighted by Gasteiger charge is 2.53. The van der Waals surface area contributed by atoms with E-state index in [1.165, 1.54) is 70.6 Å². The highest BCUT2D eigenvalue weighted by Crippen LogP contribution is 2.64. The van der Waals surface area contributed by atoms with E-state index in [1.807, 2.05) is 16.7 Å². The molecule has 28 heavy (non-hydrogen) atoms. The van der Waals surface area contributed by atoms with E-state index in [1.54, 1.807) is 0 Å². The molecule has 1 fully saturated rings. The lowest BCUT2D eigenvalue weighted by atomic mass is 9.50. The fourth-order valence-corrected chi connectivity index (χ4v) is 8.33. The molecule has 1 saturated carbocycles. The first kappa shape index (κ1) is 20.7. The van der Waals surface area contributed by atoms with Crippen LogP contribution in [0.4, 0.5) is 0 Å². The van der Waals surface area contributed by atoms with Crippen LogP contribution in [-0.4, -0.2) is 0 Å². The van der Waals surface area contributed by atoms with Crippen molar-refractivity contribution < 1.29 is 0 Å². The zero-order valence-corrected chi connectivity index (χ0v) is 19.7. The molecule has 0 heterocycles. The second kappa shape index (κ2) is 7.63. The van der Waals surface area contributed by atoms with Crippen LogP contribution in [0, 0.1) is 40.4 Å². The molecule has 0 heteroatoms. The van der Waals surface area contributed by atoms with Crippen LogP contribution in [0.3, 0.4) is 0 Å². The molecule has 0 spiro atoms. The quantitative estimate of drug-likeness (QED) is 0.446. The molecule has 4 aliphatic rings. The second-order valence-electron chi connectivity index (χ2n) is 12.1. The van der Waals surface area contributed by atoms with Crippen molar-refractivity contribution in [1.29, 1.82) is 0 Å². The lowest BCUT2D eigenvalue weighted by molar-refractivity contribution is 0.0672. The summed E-state index contributed by atoms with van der Waals surface area (Å²) < 4.78 is 0. The van der Waals surface area contributed by atoms with Crippen molar-refractivity contribution in [3.8, 4) is 0 Å². The van der Waals surface area contributed by atoms with Crippen molar-refractivity contribution in [1.82, 2.24) is 0 Å². The van der Waals surface area contributed by atoms with E-state index in [0.29, 0.717) is 10.8 Å².